The molecule has 1 aliphatic carbocycles. The molecule has 0 saturated carbocycles. The highest BCUT2D eigenvalue weighted by Crippen LogP contribution is 2.32. The molecule has 5 heteroatoms. The van der Waals surface area contributed by atoms with Gasteiger partial charge in [0.15, 0.2) is 11.6 Å². The number of rotatable bonds is 2. The van der Waals surface area contributed by atoms with E-state index in [2.05, 4.69) is 9.97 Å². The van der Waals surface area contributed by atoms with Crippen LogP contribution in [0.5, 0.6) is 0 Å². The molecule has 0 aromatic carbocycles. The first kappa shape index (κ1) is 10.1. The Morgan fingerprint density at radius 1 is 1.59 bits per heavy atom. The molecular formula is C12H12N2O3. The van der Waals surface area contributed by atoms with Crippen molar-refractivity contribution in [2.24, 2.45) is 0 Å². The van der Waals surface area contributed by atoms with E-state index in [0.717, 1.165) is 18.5 Å². The van der Waals surface area contributed by atoms with E-state index in [9.17, 15) is 4.79 Å². The quantitative estimate of drug-likeness (QED) is 0.831. The van der Waals surface area contributed by atoms with Crippen LogP contribution in [-0.2, 0) is 11.2 Å². The summed E-state index contributed by atoms with van der Waals surface area (Å²) in [6, 6.07) is 3.59. The van der Waals surface area contributed by atoms with Gasteiger partial charge in [-0.05, 0) is 31.4 Å². The maximum atomic E-state index is 11.1. The molecule has 0 saturated heterocycles. The van der Waals surface area contributed by atoms with Crippen LogP contribution in [0.3, 0.4) is 0 Å². The Kier molecular flexibility index (Phi) is 2.24. The number of aliphatic carboxylic acids is 1. The maximum Gasteiger partial charge on any atom is 0.312 e. The summed E-state index contributed by atoms with van der Waals surface area (Å²) in [7, 11) is 0. The van der Waals surface area contributed by atoms with E-state index >= 15 is 0 Å². The topological polar surface area (TPSA) is 79.1 Å². The molecule has 0 radical (unpaired) electrons. The molecular weight excluding hydrogens is 220 g/mol. The molecule has 3 rings (SSSR count). The number of fused-ring (bicyclic) bond motifs is 1. The van der Waals surface area contributed by atoms with Gasteiger partial charge in [-0.3, -0.25) is 4.79 Å². The molecule has 1 unspecified atom stereocenters. The van der Waals surface area contributed by atoms with Crippen molar-refractivity contribution in [1.29, 1.82) is 0 Å². The molecule has 1 aliphatic rings. The molecule has 2 aromatic heterocycles. The summed E-state index contributed by atoms with van der Waals surface area (Å²) < 4.78 is 5.25. The number of nitrogens with zero attached hydrogens (tertiary/aromatic N) is 1. The van der Waals surface area contributed by atoms with Gasteiger partial charge in [0.2, 0.25) is 0 Å². The molecule has 0 spiro atoms. The lowest BCUT2D eigenvalue weighted by Gasteiger charge is -2.16. The third kappa shape index (κ3) is 1.63. The van der Waals surface area contributed by atoms with Crippen molar-refractivity contribution >= 4 is 5.97 Å². The summed E-state index contributed by atoms with van der Waals surface area (Å²) >= 11 is 0. The first-order valence-electron chi connectivity index (χ1n) is 5.61. The number of furan rings is 1. The van der Waals surface area contributed by atoms with Crippen LogP contribution in [0.15, 0.2) is 22.8 Å². The average molecular weight is 232 g/mol. The van der Waals surface area contributed by atoms with E-state index < -0.39 is 11.9 Å². The average Bonchev–Trinajstić information content (AvgIpc) is 2.96. The minimum Gasteiger partial charge on any atom is -0.481 e. The number of hydrogen-bond donors (Lipinski definition) is 2. The minimum atomic E-state index is -0.802. The zero-order chi connectivity index (χ0) is 11.8. The molecule has 0 fully saturated rings. The summed E-state index contributed by atoms with van der Waals surface area (Å²) in [4.78, 5) is 18.7. The Morgan fingerprint density at radius 2 is 2.47 bits per heavy atom. The normalized spacial score (nSPS) is 18.9. The van der Waals surface area contributed by atoms with Gasteiger partial charge in [0.1, 0.15) is 5.92 Å². The number of H-pyrrole nitrogens is 1. The third-order valence-corrected chi connectivity index (χ3v) is 3.11. The number of carbonyl (C=O) groups is 1. The molecule has 5 nitrogen and oxygen atoms in total. The summed E-state index contributed by atoms with van der Waals surface area (Å²) in [5.41, 5.74) is 1.59. The SMILES string of the molecule is O=C(O)C1CCCc2[nH]c(-c3ccco3)nc21. The highest BCUT2D eigenvalue weighted by molar-refractivity contribution is 5.76. The maximum absolute atomic E-state index is 11.1. The molecule has 1 atom stereocenters. The highest BCUT2D eigenvalue weighted by Gasteiger charge is 2.30. The van der Waals surface area contributed by atoms with Crippen molar-refractivity contribution in [3.63, 3.8) is 0 Å². The molecule has 2 N–H and O–H groups in total. The van der Waals surface area contributed by atoms with Crippen molar-refractivity contribution in [3.05, 3.63) is 29.8 Å². The zero-order valence-corrected chi connectivity index (χ0v) is 9.14. The van der Waals surface area contributed by atoms with Gasteiger partial charge in [-0.15, -0.1) is 0 Å². The van der Waals surface area contributed by atoms with E-state index in [-0.39, 0.29) is 0 Å². The van der Waals surface area contributed by atoms with Crippen LogP contribution >= 0.6 is 0 Å². The molecule has 0 amide bonds. The molecule has 0 aliphatic heterocycles. The predicted octanol–water partition coefficient (Wildman–Crippen LogP) is 2.17. The summed E-state index contributed by atoms with van der Waals surface area (Å²) in [6.07, 6.45) is 3.97. The molecule has 0 bridgehead atoms. The van der Waals surface area contributed by atoms with Gasteiger partial charge in [0.05, 0.1) is 12.0 Å². The minimum absolute atomic E-state index is 0.487. The number of carboxylic acid groups (broad SMARTS) is 1. The number of nitrogens with one attached hydrogen (secondary N) is 1. The van der Waals surface area contributed by atoms with Crippen molar-refractivity contribution in [2.75, 3.05) is 0 Å². The molecule has 17 heavy (non-hydrogen) atoms. The predicted molar refractivity (Wildman–Crippen MR) is 59.6 cm³/mol. The molecule has 2 aromatic rings. The first-order chi connectivity index (χ1) is 8.25. The summed E-state index contributed by atoms with van der Waals surface area (Å²) in [5.74, 6) is -0.0288. The van der Waals surface area contributed by atoms with Crippen LogP contribution in [-0.4, -0.2) is 21.0 Å². The molecule has 88 valence electrons. The second-order valence-corrected chi connectivity index (χ2v) is 4.21. The largest absolute Gasteiger partial charge is 0.481 e. The van der Waals surface area contributed by atoms with E-state index in [1.165, 1.54) is 0 Å². The first-order valence-corrected chi connectivity index (χ1v) is 5.61. The van der Waals surface area contributed by atoms with E-state index in [0.29, 0.717) is 23.7 Å². The zero-order valence-electron chi connectivity index (χ0n) is 9.14. The Morgan fingerprint density at radius 3 is 3.18 bits per heavy atom. The Hall–Kier alpha value is -2.04. The van der Waals surface area contributed by atoms with Crippen molar-refractivity contribution in [3.8, 4) is 11.6 Å². The van der Waals surface area contributed by atoms with Crippen molar-refractivity contribution in [2.45, 2.75) is 25.2 Å². The monoisotopic (exact) mass is 232 g/mol. The van der Waals surface area contributed by atoms with Gasteiger partial charge in [-0.25, -0.2) is 4.98 Å². The van der Waals surface area contributed by atoms with Gasteiger partial charge in [-0.1, -0.05) is 0 Å². The van der Waals surface area contributed by atoms with Crippen LogP contribution in [0.2, 0.25) is 0 Å². The standard InChI is InChI=1S/C12H12N2O3/c15-12(16)7-3-1-4-8-10(7)14-11(13-8)9-5-2-6-17-9/h2,5-7H,1,3-4H2,(H,13,14)(H,15,16). The van der Waals surface area contributed by atoms with Crippen LogP contribution in [0.25, 0.3) is 11.6 Å². The molecule has 2 heterocycles. The van der Waals surface area contributed by atoms with Crippen LogP contribution in [0.1, 0.15) is 30.1 Å². The number of imidazole rings is 1. The van der Waals surface area contributed by atoms with Crippen molar-refractivity contribution < 1.29 is 14.3 Å². The summed E-state index contributed by atoms with van der Waals surface area (Å²) in [5, 5.41) is 9.15. The fourth-order valence-electron chi connectivity index (χ4n) is 2.29. The van der Waals surface area contributed by atoms with Gasteiger partial charge in [0.25, 0.3) is 0 Å². The lowest BCUT2D eigenvalue weighted by atomic mass is 9.90. The lowest BCUT2D eigenvalue weighted by Crippen LogP contribution is -2.17. The number of aromatic amines is 1. The van der Waals surface area contributed by atoms with Gasteiger partial charge in [-0.2, -0.15) is 0 Å². The Bertz CT molecular complexity index is 542. The van der Waals surface area contributed by atoms with Gasteiger partial charge < -0.3 is 14.5 Å². The number of carboxylic acids is 1. The van der Waals surface area contributed by atoms with Gasteiger partial charge in [0, 0.05) is 5.69 Å². The van der Waals surface area contributed by atoms with Crippen LogP contribution in [0, 0.1) is 0 Å². The van der Waals surface area contributed by atoms with E-state index in [1.54, 1.807) is 18.4 Å². The van der Waals surface area contributed by atoms with Crippen LogP contribution in [0.4, 0.5) is 0 Å². The second kappa shape index (κ2) is 3.76. The Labute approximate surface area is 97.5 Å². The van der Waals surface area contributed by atoms with Crippen molar-refractivity contribution in [1.82, 2.24) is 9.97 Å². The number of hydrogen-bond acceptors (Lipinski definition) is 3. The smallest absolute Gasteiger partial charge is 0.312 e. The number of aromatic nitrogens is 2. The van der Waals surface area contributed by atoms with Crippen LogP contribution < -0.4 is 0 Å². The third-order valence-electron chi connectivity index (χ3n) is 3.11. The van der Waals surface area contributed by atoms with E-state index in [1.807, 2.05) is 0 Å². The fourth-order valence-corrected chi connectivity index (χ4v) is 2.29. The summed E-state index contributed by atoms with van der Waals surface area (Å²) in [6.45, 7) is 0. The lowest BCUT2D eigenvalue weighted by molar-refractivity contribution is -0.139. The van der Waals surface area contributed by atoms with Gasteiger partial charge >= 0.3 is 5.97 Å². The Balaban J connectivity index is 2.04. The van der Waals surface area contributed by atoms with E-state index in [4.69, 9.17) is 9.52 Å². The number of aryl methyl sites for hydroxylation is 1. The highest BCUT2D eigenvalue weighted by atomic mass is 16.4. The fraction of sp³-hybridized carbons (Fsp3) is 0.333. The second-order valence-electron chi connectivity index (χ2n) is 4.21.